The van der Waals surface area contributed by atoms with E-state index in [0.29, 0.717) is 5.92 Å². The van der Waals surface area contributed by atoms with Crippen molar-refractivity contribution < 1.29 is 0 Å². The average Bonchev–Trinajstić information content (AvgIpc) is 2.74. The van der Waals surface area contributed by atoms with Gasteiger partial charge < -0.3 is 4.90 Å². The van der Waals surface area contributed by atoms with Gasteiger partial charge in [0.15, 0.2) is 5.17 Å². The maximum absolute atomic E-state index is 5.01. The molecular weight excluding hydrogens is 376 g/mol. The number of pyridine rings is 1. The normalized spacial score (nSPS) is 12.8. The van der Waals surface area contributed by atoms with Gasteiger partial charge in [-0.1, -0.05) is 61.2 Å². The standard InChI is InChI=1S/C24H28N4S/c1-20(18-27(2)3)19-29-24(26-21-12-6-4-7-13-21)28(22-14-8-5-9-15-22)23-16-10-11-17-25-23/h4-17,20H,18-19H2,1-3H3. The Bertz CT molecular complexity index is 843. The largest absolute Gasteiger partial charge is 0.309 e. The van der Waals surface area contributed by atoms with Crippen molar-refractivity contribution in [2.24, 2.45) is 10.9 Å². The quantitative estimate of drug-likeness (QED) is 0.366. The van der Waals surface area contributed by atoms with Gasteiger partial charge >= 0.3 is 0 Å². The molecule has 1 aromatic heterocycles. The first-order chi connectivity index (χ1) is 14.1. The number of anilines is 2. The molecule has 1 unspecified atom stereocenters. The molecular formula is C24H28N4S. The maximum Gasteiger partial charge on any atom is 0.174 e. The lowest BCUT2D eigenvalue weighted by molar-refractivity contribution is 0.357. The molecule has 0 bridgehead atoms. The van der Waals surface area contributed by atoms with Crippen molar-refractivity contribution in [1.29, 1.82) is 0 Å². The molecule has 0 radical (unpaired) electrons. The molecule has 0 saturated heterocycles. The maximum atomic E-state index is 5.01. The summed E-state index contributed by atoms with van der Waals surface area (Å²) in [5.74, 6) is 2.37. The molecule has 1 heterocycles. The Morgan fingerprint density at radius 2 is 1.59 bits per heavy atom. The van der Waals surface area contributed by atoms with Crippen LogP contribution >= 0.6 is 11.8 Å². The fourth-order valence-electron chi connectivity index (χ4n) is 3.06. The van der Waals surface area contributed by atoms with Gasteiger partial charge in [-0.25, -0.2) is 9.98 Å². The van der Waals surface area contributed by atoms with Crippen molar-refractivity contribution in [2.75, 3.05) is 31.3 Å². The molecule has 5 heteroatoms. The van der Waals surface area contributed by atoms with Crippen LogP contribution in [-0.4, -0.2) is 41.4 Å². The van der Waals surface area contributed by atoms with E-state index in [-0.39, 0.29) is 0 Å². The highest BCUT2D eigenvalue weighted by molar-refractivity contribution is 8.14. The first-order valence-electron chi connectivity index (χ1n) is 9.81. The number of amidine groups is 1. The molecule has 2 aromatic carbocycles. The Kier molecular flexibility index (Phi) is 7.85. The second kappa shape index (κ2) is 10.8. The minimum absolute atomic E-state index is 0.539. The number of rotatable bonds is 7. The van der Waals surface area contributed by atoms with Gasteiger partial charge in [0.1, 0.15) is 5.82 Å². The van der Waals surface area contributed by atoms with Crippen LogP contribution in [0.3, 0.4) is 0 Å². The van der Waals surface area contributed by atoms with Crippen LogP contribution in [0.1, 0.15) is 6.92 Å². The Morgan fingerprint density at radius 1 is 0.931 bits per heavy atom. The predicted molar refractivity (Wildman–Crippen MR) is 127 cm³/mol. The van der Waals surface area contributed by atoms with Crippen LogP contribution in [0.4, 0.5) is 17.2 Å². The van der Waals surface area contributed by atoms with Crippen LogP contribution in [0.2, 0.25) is 0 Å². The molecule has 3 rings (SSSR count). The lowest BCUT2D eigenvalue weighted by Gasteiger charge is -2.26. The van der Waals surface area contributed by atoms with E-state index in [1.807, 2.05) is 72.9 Å². The fourth-order valence-corrected chi connectivity index (χ4v) is 4.09. The molecule has 0 aliphatic heterocycles. The van der Waals surface area contributed by atoms with Crippen LogP contribution < -0.4 is 4.90 Å². The molecule has 0 aliphatic rings. The number of hydrogen-bond acceptors (Lipinski definition) is 4. The monoisotopic (exact) mass is 404 g/mol. The molecule has 1 atom stereocenters. The number of benzene rings is 2. The van der Waals surface area contributed by atoms with Gasteiger partial charge in [-0.3, -0.25) is 4.90 Å². The molecule has 0 fully saturated rings. The van der Waals surface area contributed by atoms with Crippen molar-refractivity contribution in [2.45, 2.75) is 6.92 Å². The molecule has 29 heavy (non-hydrogen) atoms. The summed E-state index contributed by atoms with van der Waals surface area (Å²) < 4.78 is 0. The highest BCUT2D eigenvalue weighted by Gasteiger charge is 2.19. The number of aromatic nitrogens is 1. The van der Waals surface area contributed by atoms with E-state index in [1.165, 1.54) is 0 Å². The van der Waals surface area contributed by atoms with E-state index in [9.17, 15) is 0 Å². The third kappa shape index (κ3) is 6.44. The van der Waals surface area contributed by atoms with Gasteiger partial charge in [0.05, 0.1) is 5.69 Å². The summed E-state index contributed by atoms with van der Waals surface area (Å²) in [5.41, 5.74) is 1.99. The van der Waals surface area contributed by atoms with Gasteiger partial charge in [-0.05, 0) is 56.4 Å². The topological polar surface area (TPSA) is 31.7 Å². The Morgan fingerprint density at radius 3 is 2.21 bits per heavy atom. The van der Waals surface area contributed by atoms with Crippen LogP contribution in [0.15, 0.2) is 90.1 Å². The summed E-state index contributed by atoms with van der Waals surface area (Å²) in [6, 6.07) is 26.4. The third-order valence-electron chi connectivity index (χ3n) is 4.24. The number of hydrogen-bond donors (Lipinski definition) is 0. The van der Waals surface area contributed by atoms with Gasteiger partial charge in [-0.2, -0.15) is 0 Å². The first-order valence-corrected chi connectivity index (χ1v) is 10.8. The zero-order valence-corrected chi connectivity index (χ0v) is 18.1. The first kappa shape index (κ1) is 21.1. The highest BCUT2D eigenvalue weighted by atomic mass is 32.2. The predicted octanol–water partition coefficient (Wildman–Crippen LogP) is 5.84. The minimum Gasteiger partial charge on any atom is -0.309 e. The van der Waals surface area contributed by atoms with Crippen molar-refractivity contribution >= 4 is 34.1 Å². The lowest BCUT2D eigenvalue weighted by Crippen LogP contribution is -2.27. The van der Waals surface area contributed by atoms with E-state index < -0.39 is 0 Å². The summed E-state index contributed by atoms with van der Waals surface area (Å²) in [4.78, 5) is 14.0. The van der Waals surface area contributed by atoms with E-state index in [1.54, 1.807) is 11.8 Å². The van der Waals surface area contributed by atoms with Crippen LogP contribution in [0.25, 0.3) is 0 Å². The third-order valence-corrected chi connectivity index (χ3v) is 5.51. The molecule has 0 aliphatic carbocycles. The van der Waals surface area contributed by atoms with E-state index in [0.717, 1.165) is 34.7 Å². The summed E-state index contributed by atoms with van der Waals surface area (Å²) in [6.45, 7) is 3.32. The Labute approximate surface area is 178 Å². The van der Waals surface area contributed by atoms with Crippen molar-refractivity contribution in [3.05, 3.63) is 85.1 Å². The van der Waals surface area contributed by atoms with Gasteiger partial charge in [-0.15, -0.1) is 0 Å². The molecule has 4 nitrogen and oxygen atoms in total. The molecule has 3 aromatic rings. The van der Waals surface area contributed by atoms with Crippen LogP contribution in [-0.2, 0) is 0 Å². The number of nitrogens with zero attached hydrogens (tertiary/aromatic N) is 4. The van der Waals surface area contributed by atoms with Gasteiger partial charge in [0, 0.05) is 24.2 Å². The fraction of sp³-hybridized carbons (Fsp3) is 0.250. The molecule has 0 amide bonds. The molecule has 0 spiro atoms. The van der Waals surface area contributed by atoms with E-state index in [4.69, 9.17) is 4.99 Å². The molecule has 0 N–H and O–H groups in total. The number of para-hydroxylation sites is 2. The van der Waals surface area contributed by atoms with Gasteiger partial charge in [0.2, 0.25) is 0 Å². The zero-order chi connectivity index (χ0) is 20.5. The second-order valence-electron chi connectivity index (χ2n) is 7.27. The van der Waals surface area contributed by atoms with Gasteiger partial charge in [0.25, 0.3) is 0 Å². The zero-order valence-electron chi connectivity index (χ0n) is 17.3. The van der Waals surface area contributed by atoms with Crippen LogP contribution in [0.5, 0.6) is 0 Å². The van der Waals surface area contributed by atoms with Crippen molar-refractivity contribution in [1.82, 2.24) is 9.88 Å². The number of aliphatic imine (C=N–C) groups is 1. The summed E-state index contributed by atoms with van der Waals surface area (Å²) in [7, 11) is 4.23. The lowest BCUT2D eigenvalue weighted by atomic mass is 10.2. The van der Waals surface area contributed by atoms with Crippen molar-refractivity contribution in [3.8, 4) is 0 Å². The summed E-state index contributed by atoms with van der Waals surface area (Å²) >= 11 is 1.77. The SMILES string of the molecule is CC(CSC(=Nc1ccccc1)N(c1ccccc1)c1ccccn1)CN(C)C. The smallest absolute Gasteiger partial charge is 0.174 e. The molecule has 150 valence electrons. The highest BCUT2D eigenvalue weighted by Crippen LogP contribution is 2.30. The van der Waals surface area contributed by atoms with Crippen molar-refractivity contribution in [3.63, 3.8) is 0 Å². The Hall–Kier alpha value is -2.63. The second-order valence-corrected chi connectivity index (χ2v) is 8.25. The minimum atomic E-state index is 0.539. The molecule has 0 saturated carbocycles. The number of thioether (sulfide) groups is 1. The Balaban J connectivity index is 1.99. The van der Waals surface area contributed by atoms with E-state index >= 15 is 0 Å². The summed E-state index contributed by atoms with van der Waals surface area (Å²) in [5, 5.41) is 0.923. The van der Waals surface area contributed by atoms with Crippen LogP contribution in [0, 0.1) is 5.92 Å². The van der Waals surface area contributed by atoms with E-state index in [2.05, 4.69) is 47.9 Å². The average molecular weight is 405 g/mol. The summed E-state index contributed by atoms with van der Waals surface area (Å²) in [6.07, 6.45) is 1.82.